The van der Waals surface area contributed by atoms with Crippen LogP contribution in [0.25, 0.3) is 0 Å². The van der Waals surface area contributed by atoms with Crippen LogP contribution in [0.4, 0.5) is 5.69 Å². The highest BCUT2D eigenvalue weighted by atomic mass is 16.5. The Morgan fingerprint density at radius 3 is 2.67 bits per heavy atom. The molecule has 4 rings (SSSR count). The summed E-state index contributed by atoms with van der Waals surface area (Å²) in [6.07, 6.45) is 1.63. The van der Waals surface area contributed by atoms with Crippen molar-refractivity contribution in [3.8, 4) is 0 Å². The third-order valence-corrected chi connectivity index (χ3v) is 5.61. The molecule has 0 spiro atoms. The second-order valence-electron chi connectivity index (χ2n) is 7.48. The van der Waals surface area contributed by atoms with Crippen LogP contribution < -0.4 is 5.32 Å². The Balaban J connectivity index is 1.56. The Hall–Kier alpha value is -2.66. The van der Waals surface area contributed by atoms with E-state index in [4.69, 9.17) is 4.74 Å². The van der Waals surface area contributed by atoms with E-state index in [0.717, 1.165) is 22.4 Å². The molecule has 0 atom stereocenters. The Bertz CT molecular complexity index is 871. The van der Waals surface area contributed by atoms with Gasteiger partial charge in [0.15, 0.2) is 0 Å². The predicted octanol–water partition coefficient (Wildman–Crippen LogP) is 3.53. The van der Waals surface area contributed by atoms with Crippen LogP contribution in [0.2, 0.25) is 0 Å². The predicted molar refractivity (Wildman–Crippen MR) is 104 cm³/mol. The normalized spacial score (nSPS) is 18.3. The van der Waals surface area contributed by atoms with Gasteiger partial charge in [-0.05, 0) is 49.1 Å². The molecule has 0 saturated carbocycles. The zero-order chi connectivity index (χ0) is 18.9. The maximum absolute atomic E-state index is 13.0. The molecule has 2 aromatic carbocycles. The van der Waals surface area contributed by atoms with Crippen LogP contribution in [0.5, 0.6) is 0 Å². The lowest BCUT2D eigenvalue weighted by atomic mass is 9.84. The molecule has 0 radical (unpaired) electrons. The summed E-state index contributed by atoms with van der Waals surface area (Å²) in [5.41, 5.74) is 3.18. The minimum atomic E-state index is -0.498. The zero-order valence-corrected chi connectivity index (χ0v) is 15.5. The summed E-state index contributed by atoms with van der Waals surface area (Å²) < 4.78 is 5.54. The number of hydrogen-bond donors (Lipinski definition) is 1. The zero-order valence-electron chi connectivity index (χ0n) is 15.5. The number of nitrogens with zero attached hydrogens (tertiary/aromatic N) is 1. The minimum absolute atomic E-state index is 0.0239. The van der Waals surface area contributed by atoms with E-state index in [0.29, 0.717) is 32.6 Å². The van der Waals surface area contributed by atoms with Gasteiger partial charge >= 0.3 is 0 Å². The van der Waals surface area contributed by atoms with Crippen molar-refractivity contribution in [2.24, 2.45) is 0 Å². The molecular formula is C22H24N2O3. The summed E-state index contributed by atoms with van der Waals surface area (Å²) >= 11 is 0. The number of anilines is 1. The van der Waals surface area contributed by atoms with Crippen molar-refractivity contribution < 1.29 is 14.3 Å². The number of carbonyl (C=O) groups is 2. The third-order valence-electron chi connectivity index (χ3n) is 5.61. The first kappa shape index (κ1) is 17.7. The van der Waals surface area contributed by atoms with E-state index in [2.05, 4.69) is 5.32 Å². The number of benzene rings is 2. The lowest BCUT2D eigenvalue weighted by Crippen LogP contribution is -2.54. The van der Waals surface area contributed by atoms with Gasteiger partial charge in [0.25, 0.3) is 5.91 Å². The molecule has 2 aliphatic rings. The van der Waals surface area contributed by atoms with Crippen LogP contribution in [0, 0.1) is 6.92 Å². The van der Waals surface area contributed by atoms with Gasteiger partial charge in [-0.1, -0.05) is 30.3 Å². The van der Waals surface area contributed by atoms with Gasteiger partial charge in [-0.15, -0.1) is 0 Å². The number of aryl methyl sites for hydroxylation is 1. The van der Waals surface area contributed by atoms with Crippen molar-refractivity contribution in [3.05, 3.63) is 65.2 Å². The number of amides is 2. The van der Waals surface area contributed by atoms with Crippen LogP contribution in [0.15, 0.2) is 48.5 Å². The molecule has 5 heteroatoms. The Morgan fingerprint density at radius 1 is 1.15 bits per heavy atom. The van der Waals surface area contributed by atoms with Crippen molar-refractivity contribution >= 4 is 17.5 Å². The molecule has 2 amide bonds. The van der Waals surface area contributed by atoms with Crippen LogP contribution in [0.1, 0.15) is 40.7 Å². The van der Waals surface area contributed by atoms with Crippen LogP contribution in [-0.4, -0.2) is 35.5 Å². The maximum Gasteiger partial charge on any atom is 0.254 e. The summed E-state index contributed by atoms with van der Waals surface area (Å²) in [6, 6.07) is 15.5. The minimum Gasteiger partial charge on any atom is -0.381 e. The molecule has 2 aromatic rings. The highest BCUT2D eigenvalue weighted by Crippen LogP contribution is 2.38. The van der Waals surface area contributed by atoms with E-state index in [-0.39, 0.29) is 18.2 Å². The molecule has 0 unspecified atom stereocenters. The van der Waals surface area contributed by atoms with Crippen LogP contribution in [-0.2, 0) is 16.1 Å². The maximum atomic E-state index is 13.0. The van der Waals surface area contributed by atoms with Crippen molar-refractivity contribution in [2.45, 2.75) is 38.3 Å². The fourth-order valence-electron chi connectivity index (χ4n) is 4.16. The second kappa shape index (κ2) is 7.16. The number of rotatable bonds is 4. The van der Waals surface area contributed by atoms with Crippen molar-refractivity contribution in [1.82, 2.24) is 4.90 Å². The largest absolute Gasteiger partial charge is 0.381 e. The van der Waals surface area contributed by atoms with Gasteiger partial charge in [0, 0.05) is 31.0 Å². The molecule has 0 aromatic heterocycles. The van der Waals surface area contributed by atoms with E-state index in [1.807, 2.05) is 60.4 Å². The molecule has 1 fully saturated rings. The summed E-state index contributed by atoms with van der Waals surface area (Å²) in [7, 11) is 0. The summed E-state index contributed by atoms with van der Waals surface area (Å²) in [5.74, 6) is -0.0397. The highest BCUT2D eigenvalue weighted by molar-refractivity contribution is 5.99. The van der Waals surface area contributed by atoms with Crippen LogP contribution >= 0.6 is 0 Å². The van der Waals surface area contributed by atoms with Gasteiger partial charge in [0.2, 0.25) is 5.91 Å². The van der Waals surface area contributed by atoms with E-state index < -0.39 is 5.54 Å². The van der Waals surface area contributed by atoms with Gasteiger partial charge < -0.3 is 15.0 Å². The van der Waals surface area contributed by atoms with Gasteiger partial charge in [0.1, 0.15) is 0 Å². The van der Waals surface area contributed by atoms with Crippen molar-refractivity contribution in [2.75, 3.05) is 18.5 Å². The molecule has 2 heterocycles. The second-order valence-corrected chi connectivity index (χ2v) is 7.48. The monoisotopic (exact) mass is 364 g/mol. The summed E-state index contributed by atoms with van der Waals surface area (Å²) in [4.78, 5) is 27.8. The van der Waals surface area contributed by atoms with E-state index >= 15 is 0 Å². The molecule has 2 aliphatic heterocycles. The molecule has 1 N–H and O–H groups in total. The van der Waals surface area contributed by atoms with Crippen molar-refractivity contribution in [3.63, 3.8) is 0 Å². The quantitative estimate of drug-likeness (QED) is 0.903. The molecule has 5 nitrogen and oxygen atoms in total. The lowest BCUT2D eigenvalue weighted by Gasteiger charge is -2.44. The average molecular weight is 364 g/mol. The molecule has 0 aliphatic carbocycles. The van der Waals surface area contributed by atoms with Crippen molar-refractivity contribution in [1.29, 1.82) is 0 Å². The molecule has 0 bridgehead atoms. The first-order valence-corrected chi connectivity index (χ1v) is 9.42. The molecule has 27 heavy (non-hydrogen) atoms. The van der Waals surface area contributed by atoms with Gasteiger partial charge in [-0.3, -0.25) is 9.59 Å². The number of nitrogens with one attached hydrogen (secondary N) is 1. The smallest absolute Gasteiger partial charge is 0.254 e. The summed E-state index contributed by atoms with van der Waals surface area (Å²) in [5, 5.41) is 3.00. The number of carbonyl (C=O) groups excluding carboxylic acids is 2. The van der Waals surface area contributed by atoms with E-state index in [9.17, 15) is 9.59 Å². The number of hydrogen-bond acceptors (Lipinski definition) is 3. The van der Waals surface area contributed by atoms with E-state index in [1.165, 1.54) is 0 Å². The van der Waals surface area contributed by atoms with Gasteiger partial charge in [-0.2, -0.15) is 0 Å². The number of fused-ring (bicyclic) bond motifs is 1. The van der Waals surface area contributed by atoms with Gasteiger partial charge in [-0.25, -0.2) is 0 Å². The van der Waals surface area contributed by atoms with Crippen LogP contribution in [0.3, 0.4) is 0 Å². The molecule has 1 saturated heterocycles. The standard InChI is InChI=1S/C22H24N2O3/c1-16-5-4-7-18(13-16)23-20(25)14-22(9-11-27-12-10-22)24-15-17-6-2-3-8-19(17)21(24)26/h2-8,13H,9-12,14-15H2,1H3,(H,23,25). The first-order chi connectivity index (χ1) is 13.1. The topological polar surface area (TPSA) is 58.6 Å². The Morgan fingerprint density at radius 2 is 1.93 bits per heavy atom. The van der Waals surface area contributed by atoms with Gasteiger partial charge in [0.05, 0.1) is 12.0 Å². The molecule has 140 valence electrons. The SMILES string of the molecule is Cc1cccc(NC(=O)CC2(N3Cc4ccccc4C3=O)CCOCC2)c1. The summed E-state index contributed by atoms with van der Waals surface area (Å²) in [6.45, 7) is 3.69. The highest BCUT2D eigenvalue weighted by Gasteiger charge is 2.46. The Kier molecular flexibility index (Phi) is 4.70. The fourth-order valence-corrected chi connectivity index (χ4v) is 4.16. The number of ether oxygens (including phenoxy) is 1. The Labute approximate surface area is 159 Å². The third kappa shape index (κ3) is 3.47. The molecular weight excluding hydrogens is 340 g/mol. The first-order valence-electron chi connectivity index (χ1n) is 9.42. The lowest BCUT2D eigenvalue weighted by molar-refractivity contribution is -0.120. The van der Waals surface area contributed by atoms with E-state index in [1.54, 1.807) is 0 Å². The fraction of sp³-hybridized carbons (Fsp3) is 0.364. The average Bonchev–Trinajstić information content (AvgIpc) is 3.00.